The number of nitrogens with one attached hydrogen (secondary N) is 2. The number of hydrogen-bond donors (Lipinski definition) is 3. The van der Waals surface area contributed by atoms with Crippen molar-refractivity contribution in [3.05, 3.63) is 56.0 Å². The molecule has 0 saturated carbocycles. The van der Waals surface area contributed by atoms with Crippen molar-refractivity contribution in [1.82, 2.24) is 15.0 Å². The molecular formula is C21H20BrCl2N7O2. The van der Waals surface area contributed by atoms with Gasteiger partial charge in [0.05, 0.1) is 25.1 Å². The minimum atomic E-state index is 0.0538. The summed E-state index contributed by atoms with van der Waals surface area (Å²) in [5.41, 5.74) is 4.91. The van der Waals surface area contributed by atoms with E-state index in [4.69, 9.17) is 27.9 Å². The van der Waals surface area contributed by atoms with E-state index in [9.17, 15) is 5.11 Å². The van der Waals surface area contributed by atoms with E-state index in [0.717, 1.165) is 10.0 Å². The third-order valence-electron chi connectivity index (χ3n) is 4.77. The van der Waals surface area contributed by atoms with Crippen molar-refractivity contribution < 1.29 is 9.84 Å². The predicted molar refractivity (Wildman–Crippen MR) is 134 cm³/mol. The first-order valence-electron chi connectivity index (χ1n) is 9.98. The summed E-state index contributed by atoms with van der Waals surface area (Å²) < 4.78 is 6.25. The number of aromatic hydroxyl groups is 1. The van der Waals surface area contributed by atoms with Gasteiger partial charge >= 0.3 is 0 Å². The maximum absolute atomic E-state index is 9.96. The van der Waals surface area contributed by atoms with Crippen LogP contribution >= 0.6 is 39.1 Å². The van der Waals surface area contributed by atoms with Gasteiger partial charge < -0.3 is 20.1 Å². The summed E-state index contributed by atoms with van der Waals surface area (Å²) in [6, 6.07) is 8.40. The molecule has 172 valence electrons. The lowest BCUT2D eigenvalue weighted by atomic mass is 10.2. The van der Waals surface area contributed by atoms with E-state index in [0.29, 0.717) is 59.5 Å². The van der Waals surface area contributed by atoms with Crippen LogP contribution in [0.3, 0.4) is 0 Å². The van der Waals surface area contributed by atoms with Crippen LogP contribution in [0.4, 0.5) is 23.5 Å². The third kappa shape index (κ3) is 6.02. The van der Waals surface area contributed by atoms with Crippen molar-refractivity contribution in [1.29, 1.82) is 0 Å². The Labute approximate surface area is 208 Å². The first kappa shape index (κ1) is 23.5. The van der Waals surface area contributed by atoms with Crippen molar-refractivity contribution in [3.8, 4) is 5.75 Å². The highest BCUT2D eigenvalue weighted by molar-refractivity contribution is 9.10. The largest absolute Gasteiger partial charge is 0.507 e. The van der Waals surface area contributed by atoms with Crippen molar-refractivity contribution in [2.45, 2.75) is 6.92 Å². The van der Waals surface area contributed by atoms with Gasteiger partial charge in [-0.15, -0.1) is 0 Å². The number of aryl methyl sites for hydroxylation is 1. The number of ether oxygens (including phenoxy) is 1. The minimum Gasteiger partial charge on any atom is -0.507 e. The van der Waals surface area contributed by atoms with E-state index < -0.39 is 0 Å². The van der Waals surface area contributed by atoms with E-state index in [1.807, 2.05) is 17.9 Å². The zero-order valence-electron chi connectivity index (χ0n) is 17.5. The molecule has 3 aromatic rings. The summed E-state index contributed by atoms with van der Waals surface area (Å²) in [5.74, 6) is 1.07. The molecule has 2 aromatic carbocycles. The van der Waals surface area contributed by atoms with Crippen LogP contribution in [0.5, 0.6) is 5.75 Å². The van der Waals surface area contributed by atoms with Gasteiger partial charge in [0, 0.05) is 33.2 Å². The zero-order valence-corrected chi connectivity index (χ0v) is 20.6. The van der Waals surface area contributed by atoms with Crippen LogP contribution in [0.2, 0.25) is 10.0 Å². The molecule has 3 N–H and O–H groups in total. The van der Waals surface area contributed by atoms with Crippen LogP contribution in [0.1, 0.15) is 11.1 Å². The highest BCUT2D eigenvalue weighted by atomic mass is 79.9. The predicted octanol–water partition coefficient (Wildman–Crippen LogP) is 4.98. The summed E-state index contributed by atoms with van der Waals surface area (Å²) in [5, 5.41) is 18.4. The lowest BCUT2D eigenvalue weighted by Gasteiger charge is -2.27. The number of rotatable bonds is 6. The van der Waals surface area contributed by atoms with Crippen LogP contribution in [0.15, 0.2) is 39.9 Å². The maximum Gasteiger partial charge on any atom is 0.250 e. The Morgan fingerprint density at radius 3 is 2.67 bits per heavy atom. The lowest BCUT2D eigenvalue weighted by molar-refractivity contribution is 0.122. The number of morpholine rings is 1. The molecule has 1 aliphatic rings. The Balaban J connectivity index is 1.62. The van der Waals surface area contributed by atoms with Crippen LogP contribution in [-0.4, -0.2) is 52.6 Å². The molecule has 12 heteroatoms. The zero-order chi connectivity index (χ0) is 23.4. The number of nitrogens with zero attached hydrogens (tertiary/aromatic N) is 5. The second-order valence-electron chi connectivity index (χ2n) is 7.16. The second-order valence-corrected chi connectivity index (χ2v) is 8.86. The first-order valence-corrected chi connectivity index (χ1v) is 11.5. The van der Waals surface area contributed by atoms with E-state index in [2.05, 4.69) is 46.7 Å². The van der Waals surface area contributed by atoms with Crippen molar-refractivity contribution in [2.24, 2.45) is 5.10 Å². The van der Waals surface area contributed by atoms with Crippen LogP contribution < -0.4 is 15.6 Å². The Bertz CT molecular complexity index is 1190. The van der Waals surface area contributed by atoms with Crippen LogP contribution in [0.25, 0.3) is 0 Å². The molecule has 0 amide bonds. The van der Waals surface area contributed by atoms with Crippen molar-refractivity contribution in [3.63, 3.8) is 0 Å². The van der Waals surface area contributed by atoms with Gasteiger partial charge in [-0.2, -0.15) is 20.1 Å². The van der Waals surface area contributed by atoms with Gasteiger partial charge in [0.2, 0.25) is 17.8 Å². The Kier molecular flexibility index (Phi) is 7.49. The summed E-state index contributed by atoms with van der Waals surface area (Å²) >= 11 is 15.8. The number of benzene rings is 2. The smallest absolute Gasteiger partial charge is 0.250 e. The average molecular weight is 553 g/mol. The molecule has 1 aliphatic heterocycles. The summed E-state index contributed by atoms with van der Waals surface area (Å²) in [4.78, 5) is 15.5. The molecule has 1 aromatic heterocycles. The molecule has 0 radical (unpaired) electrons. The number of hydrazone groups is 1. The monoisotopic (exact) mass is 551 g/mol. The Morgan fingerprint density at radius 1 is 1.12 bits per heavy atom. The molecule has 0 bridgehead atoms. The SMILES string of the molecule is Cc1cc(Br)c(Nc2nc(N/N=C/c3cc(Cl)ccc3O)nc(N3CCOCC3)n2)cc1Cl. The molecule has 33 heavy (non-hydrogen) atoms. The second kappa shape index (κ2) is 10.5. The molecule has 4 rings (SSSR count). The van der Waals surface area contributed by atoms with Gasteiger partial charge in [-0.25, -0.2) is 5.43 Å². The molecular weight excluding hydrogens is 533 g/mol. The fraction of sp³-hybridized carbons (Fsp3) is 0.238. The molecule has 2 heterocycles. The van der Waals surface area contributed by atoms with E-state index in [-0.39, 0.29) is 11.7 Å². The van der Waals surface area contributed by atoms with Crippen LogP contribution in [0, 0.1) is 6.92 Å². The molecule has 0 atom stereocenters. The van der Waals surface area contributed by atoms with E-state index in [1.54, 1.807) is 18.2 Å². The molecule has 0 spiro atoms. The van der Waals surface area contributed by atoms with Gasteiger partial charge in [-0.1, -0.05) is 23.2 Å². The van der Waals surface area contributed by atoms with Crippen molar-refractivity contribution >= 4 is 68.9 Å². The molecule has 1 saturated heterocycles. The summed E-state index contributed by atoms with van der Waals surface area (Å²) in [7, 11) is 0. The van der Waals surface area contributed by atoms with Gasteiger partial charge in [-0.3, -0.25) is 0 Å². The van der Waals surface area contributed by atoms with Gasteiger partial charge in [0.15, 0.2) is 0 Å². The highest BCUT2D eigenvalue weighted by Crippen LogP contribution is 2.31. The first-order chi connectivity index (χ1) is 15.9. The molecule has 0 aliphatic carbocycles. The number of aromatic nitrogens is 3. The fourth-order valence-corrected chi connectivity index (χ4v) is 3.93. The minimum absolute atomic E-state index is 0.0538. The molecule has 0 unspecified atom stereocenters. The topological polar surface area (TPSA) is 108 Å². The third-order valence-corrected chi connectivity index (χ3v) is 6.07. The fourth-order valence-electron chi connectivity index (χ4n) is 3.03. The summed E-state index contributed by atoms with van der Waals surface area (Å²) in [6.45, 7) is 4.41. The number of anilines is 4. The molecule has 9 nitrogen and oxygen atoms in total. The van der Waals surface area contributed by atoms with E-state index in [1.165, 1.54) is 12.3 Å². The average Bonchev–Trinajstić information content (AvgIpc) is 2.80. The maximum atomic E-state index is 9.96. The normalized spacial score (nSPS) is 14.0. The van der Waals surface area contributed by atoms with E-state index >= 15 is 0 Å². The lowest BCUT2D eigenvalue weighted by Crippen LogP contribution is -2.37. The molecule has 1 fully saturated rings. The Morgan fingerprint density at radius 2 is 1.88 bits per heavy atom. The number of hydrogen-bond acceptors (Lipinski definition) is 9. The van der Waals surface area contributed by atoms with Crippen molar-refractivity contribution in [2.75, 3.05) is 41.9 Å². The van der Waals surface area contributed by atoms with Crippen LogP contribution in [-0.2, 0) is 4.74 Å². The number of phenolic OH excluding ortho intramolecular Hbond substituents is 1. The number of phenols is 1. The highest BCUT2D eigenvalue weighted by Gasteiger charge is 2.17. The van der Waals surface area contributed by atoms with Gasteiger partial charge in [-0.05, 0) is 58.7 Å². The Hall–Kier alpha value is -2.66. The number of halogens is 3. The summed E-state index contributed by atoms with van der Waals surface area (Å²) in [6.07, 6.45) is 1.43. The quantitative estimate of drug-likeness (QED) is 0.290. The van der Waals surface area contributed by atoms with Gasteiger partial charge in [0.25, 0.3) is 0 Å². The van der Waals surface area contributed by atoms with Gasteiger partial charge in [0.1, 0.15) is 5.75 Å². The standard InChI is InChI=1S/C21H20BrCl2N7O2/c1-12-8-15(22)17(10-16(12)24)26-19-27-20(29-21(28-19)31-4-6-33-7-5-31)30-25-11-13-9-14(23)2-3-18(13)32/h2-3,8-11,32H,4-7H2,1H3,(H2,26,27,28,29,30)/b25-11+.